The molecule has 0 atom stereocenters. The molecule has 5 heteroatoms. The van der Waals surface area contributed by atoms with E-state index in [0.717, 1.165) is 5.56 Å². The van der Waals surface area contributed by atoms with Gasteiger partial charge in [-0.3, -0.25) is 4.79 Å². The molecule has 0 aliphatic heterocycles. The molecule has 4 nitrogen and oxygen atoms in total. The Labute approximate surface area is 126 Å². The lowest BCUT2D eigenvalue weighted by Gasteiger charge is -2.26. The Morgan fingerprint density at radius 3 is 2.45 bits per heavy atom. The highest BCUT2D eigenvalue weighted by atomic mass is 79.9. The Balaban J connectivity index is 2.21. The van der Waals surface area contributed by atoms with Crippen molar-refractivity contribution in [2.45, 2.75) is 26.4 Å². The van der Waals surface area contributed by atoms with Crippen molar-refractivity contribution in [3.05, 3.63) is 52.4 Å². The lowest BCUT2D eigenvalue weighted by Crippen LogP contribution is -2.36. The topological polar surface area (TPSA) is 59.5 Å². The van der Waals surface area contributed by atoms with Crippen LogP contribution in [-0.2, 0) is 6.54 Å². The minimum absolute atomic E-state index is 0.0579. The molecule has 0 spiro atoms. The van der Waals surface area contributed by atoms with E-state index in [0.29, 0.717) is 22.5 Å². The maximum absolute atomic E-state index is 12.6. The van der Waals surface area contributed by atoms with E-state index in [1.54, 1.807) is 11.0 Å². The summed E-state index contributed by atoms with van der Waals surface area (Å²) in [6.45, 7) is 4.51. The van der Waals surface area contributed by atoms with E-state index in [4.69, 9.17) is 10.2 Å². The first-order chi connectivity index (χ1) is 9.49. The molecule has 0 aliphatic rings. The molecule has 0 fully saturated rings. The van der Waals surface area contributed by atoms with Gasteiger partial charge in [-0.05, 0) is 53.5 Å². The first-order valence-corrected chi connectivity index (χ1v) is 7.16. The summed E-state index contributed by atoms with van der Waals surface area (Å²) in [6.07, 6.45) is 1.50. The molecule has 0 aliphatic carbocycles. The van der Waals surface area contributed by atoms with E-state index >= 15 is 0 Å². The lowest BCUT2D eigenvalue weighted by molar-refractivity contribution is 0.0688. The largest absolute Gasteiger partial charge is 0.457 e. The zero-order valence-electron chi connectivity index (χ0n) is 11.5. The lowest BCUT2D eigenvalue weighted by atomic mass is 10.1. The third-order valence-corrected chi connectivity index (χ3v) is 3.68. The van der Waals surface area contributed by atoms with E-state index in [2.05, 4.69) is 15.9 Å². The van der Waals surface area contributed by atoms with Gasteiger partial charge in [0.15, 0.2) is 4.67 Å². The van der Waals surface area contributed by atoms with Gasteiger partial charge < -0.3 is 15.1 Å². The van der Waals surface area contributed by atoms with E-state index in [1.807, 2.05) is 38.1 Å². The highest BCUT2D eigenvalue weighted by molar-refractivity contribution is 9.10. The number of rotatable bonds is 4. The molecule has 0 saturated carbocycles. The second kappa shape index (κ2) is 6.13. The summed E-state index contributed by atoms with van der Waals surface area (Å²) in [5.74, 6) is -0.0579. The number of nitrogens with zero attached hydrogens (tertiary/aromatic N) is 1. The number of anilines is 1. The standard InChI is InChI=1S/C15H17BrN2O2/c1-10(2)18(9-11-3-5-12(17)6-4-11)15(19)13-7-8-20-14(13)16/h3-8,10H,9,17H2,1-2H3. The van der Waals surface area contributed by atoms with Crippen LogP contribution < -0.4 is 5.73 Å². The van der Waals surface area contributed by atoms with Gasteiger partial charge >= 0.3 is 0 Å². The summed E-state index contributed by atoms with van der Waals surface area (Å²) in [5.41, 5.74) is 7.97. The Hall–Kier alpha value is -1.75. The van der Waals surface area contributed by atoms with Gasteiger partial charge in [0, 0.05) is 18.3 Å². The summed E-state index contributed by atoms with van der Waals surface area (Å²) in [5, 5.41) is 0. The van der Waals surface area contributed by atoms with Gasteiger partial charge in [0.25, 0.3) is 5.91 Å². The minimum Gasteiger partial charge on any atom is -0.457 e. The van der Waals surface area contributed by atoms with Crippen LogP contribution in [0, 0.1) is 0 Å². The Kier molecular flexibility index (Phi) is 4.49. The van der Waals surface area contributed by atoms with Crippen LogP contribution in [-0.4, -0.2) is 16.8 Å². The van der Waals surface area contributed by atoms with Gasteiger partial charge in [-0.15, -0.1) is 0 Å². The van der Waals surface area contributed by atoms with Gasteiger partial charge in [0.2, 0.25) is 0 Å². The predicted octanol–water partition coefficient (Wildman–Crippen LogP) is 3.68. The molecule has 1 amide bonds. The number of hydrogen-bond donors (Lipinski definition) is 1. The molecule has 1 aromatic carbocycles. The van der Waals surface area contributed by atoms with E-state index in [-0.39, 0.29) is 11.9 Å². The normalized spacial score (nSPS) is 10.8. The third-order valence-electron chi connectivity index (χ3n) is 3.07. The molecule has 2 N–H and O–H groups in total. The maximum Gasteiger partial charge on any atom is 0.258 e. The zero-order valence-corrected chi connectivity index (χ0v) is 13.1. The number of carbonyl (C=O) groups excluding carboxylic acids is 1. The average Bonchev–Trinajstić information content (AvgIpc) is 2.83. The SMILES string of the molecule is CC(C)N(Cc1ccc(N)cc1)C(=O)c1ccoc1Br. The molecule has 0 saturated heterocycles. The van der Waals surface area contributed by atoms with Crippen molar-refractivity contribution in [1.82, 2.24) is 4.90 Å². The second-order valence-electron chi connectivity index (χ2n) is 4.88. The summed E-state index contributed by atoms with van der Waals surface area (Å²) < 4.78 is 5.60. The molecule has 0 radical (unpaired) electrons. The molecule has 20 heavy (non-hydrogen) atoms. The molecular formula is C15H17BrN2O2. The van der Waals surface area contributed by atoms with Crippen molar-refractivity contribution in [1.29, 1.82) is 0 Å². The summed E-state index contributed by atoms with van der Waals surface area (Å²) >= 11 is 3.25. The smallest absolute Gasteiger partial charge is 0.258 e. The number of nitrogens with two attached hydrogens (primary N) is 1. The first-order valence-electron chi connectivity index (χ1n) is 6.37. The highest BCUT2D eigenvalue weighted by Gasteiger charge is 2.22. The number of furan rings is 1. The highest BCUT2D eigenvalue weighted by Crippen LogP contribution is 2.22. The van der Waals surface area contributed by atoms with E-state index < -0.39 is 0 Å². The summed E-state index contributed by atoms with van der Waals surface area (Å²) in [4.78, 5) is 14.3. The van der Waals surface area contributed by atoms with Crippen LogP contribution in [0.2, 0.25) is 0 Å². The number of amides is 1. The average molecular weight is 337 g/mol. The molecular weight excluding hydrogens is 320 g/mol. The Bertz CT molecular complexity index is 590. The van der Waals surface area contributed by atoms with Crippen LogP contribution in [0.25, 0.3) is 0 Å². The summed E-state index contributed by atoms with van der Waals surface area (Å²) in [7, 11) is 0. The van der Waals surface area contributed by atoms with Crippen LogP contribution in [0.4, 0.5) is 5.69 Å². The van der Waals surface area contributed by atoms with Crippen LogP contribution in [0.15, 0.2) is 45.7 Å². The van der Waals surface area contributed by atoms with Gasteiger partial charge in [-0.1, -0.05) is 12.1 Å². The fourth-order valence-electron chi connectivity index (χ4n) is 1.91. The molecule has 0 bridgehead atoms. The van der Waals surface area contributed by atoms with Crippen LogP contribution in [0.1, 0.15) is 29.8 Å². The molecule has 106 valence electrons. The number of benzene rings is 1. The van der Waals surface area contributed by atoms with Gasteiger partial charge in [-0.25, -0.2) is 0 Å². The van der Waals surface area contributed by atoms with E-state index in [1.165, 1.54) is 6.26 Å². The van der Waals surface area contributed by atoms with Crippen molar-refractivity contribution in [2.75, 3.05) is 5.73 Å². The zero-order chi connectivity index (χ0) is 14.7. The molecule has 1 aromatic heterocycles. The fourth-order valence-corrected chi connectivity index (χ4v) is 2.32. The minimum atomic E-state index is -0.0579. The van der Waals surface area contributed by atoms with Crippen molar-refractivity contribution in [3.8, 4) is 0 Å². The molecule has 1 heterocycles. The van der Waals surface area contributed by atoms with Crippen LogP contribution in [0.3, 0.4) is 0 Å². The maximum atomic E-state index is 12.6. The third kappa shape index (κ3) is 3.22. The number of carbonyl (C=O) groups is 1. The monoisotopic (exact) mass is 336 g/mol. The number of hydrogen-bond acceptors (Lipinski definition) is 3. The fraction of sp³-hybridized carbons (Fsp3) is 0.267. The van der Waals surface area contributed by atoms with Crippen LogP contribution >= 0.6 is 15.9 Å². The molecule has 2 aromatic rings. The van der Waals surface area contributed by atoms with E-state index in [9.17, 15) is 4.79 Å². The molecule has 2 rings (SSSR count). The van der Waals surface area contributed by atoms with Gasteiger partial charge in [-0.2, -0.15) is 0 Å². The summed E-state index contributed by atoms with van der Waals surface area (Å²) in [6, 6.07) is 9.30. The van der Waals surface area contributed by atoms with Crippen molar-refractivity contribution < 1.29 is 9.21 Å². The Morgan fingerprint density at radius 2 is 1.95 bits per heavy atom. The van der Waals surface area contributed by atoms with Crippen molar-refractivity contribution in [2.24, 2.45) is 0 Å². The Morgan fingerprint density at radius 1 is 1.30 bits per heavy atom. The second-order valence-corrected chi connectivity index (χ2v) is 5.60. The first kappa shape index (κ1) is 14.7. The number of halogens is 1. The van der Waals surface area contributed by atoms with Crippen molar-refractivity contribution >= 4 is 27.5 Å². The van der Waals surface area contributed by atoms with Gasteiger partial charge in [0.05, 0.1) is 11.8 Å². The molecule has 0 unspecified atom stereocenters. The van der Waals surface area contributed by atoms with Crippen molar-refractivity contribution in [3.63, 3.8) is 0 Å². The van der Waals surface area contributed by atoms with Crippen LogP contribution in [0.5, 0.6) is 0 Å². The van der Waals surface area contributed by atoms with Gasteiger partial charge in [0.1, 0.15) is 0 Å². The number of nitrogen functional groups attached to an aromatic ring is 1. The quantitative estimate of drug-likeness (QED) is 0.866. The predicted molar refractivity (Wildman–Crippen MR) is 82.3 cm³/mol.